The molecule has 0 fully saturated rings. The monoisotopic (exact) mass is 279 g/mol. The van der Waals surface area contributed by atoms with Gasteiger partial charge < -0.3 is 9.83 Å². The highest BCUT2D eigenvalue weighted by Gasteiger charge is 2.18. The summed E-state index contributed by atoms with van der Waals surface area (Å²) >= 11 is 5.74. The number of nitrogens with one attached hydrogen (secondary N) is 1. The van der Waals surface area contributed by atoms with Crippen molar-refractivity contribution in [3.8, 4) is 0 Å². The van der Waals surface area contributed by atoms with Crippen molar-refractivity contribution in [3.05, 3.63) is 28.5 Å². The van der Waals surface area contributed by atoms with E-state index in [0.29, 0.717) is 12.2 Å². The molecule has 0 aliphatic rings. The van der Waals surface area contributed by atoms with Gasteiger partial charge in [0, 0.05) is 5.75 Å². The van der Waals surface area contributed by atoms with Crippen molar-refractivity contribution in [2.75, 3.05) is 10.5 Å². The molecule has 0 aromatic heterocycles. The first-order valence-corrected chi connectivity index (χ1v) is 6.53. The molecule has 1 unspecified atom stereocenters. The number of hydrogen-bond donors (Lipinski definition) is 2. The summed E-state index contributed by atoms with van der Waals surface area (Å²) in [5.41, 5.74) is -0.470. The minimum Gasteiger partial charge on any atom is -0.478 e. The van der Waals surface area contributed by atoms with Crippen LogP contribution < -0.4 is 4.72 Å². The third-order valence-electron chi connectivity index (χ3n) is 1.92. The van der Waals surface area contributed by atoms with E-state index in [1.165, 1.54) is 6.07 Å². The fraction of sp³-hybridized carbons (Fsp3) is 0.300. The highest BCUT2D eigenvalue weighted by atomic mass is 35.5. The van der Waals surface area contributed by atoms with E-state index in [4.69, 9.17) is 16.7 Å². The van der Waals surface area contributed by atoms with Gasteiger partial charge in [-0.2, -0.15) is 0 Å². The SMILES string of the molecule is CCCS(=O)Nc1ccc(F)c(C(=O)O)c1Cl. The Hall–Kier alpha value is -1.14. The number of aromatic carboxylic acids is 1. The van der Waals surface area contributed by atoms with Gasteiger partial charge in [-0.25, -0.2) is 13.4 Å². The largest absolute Gasteiger partial charge is 0.478 e. The maximum absolute atomic E-state index is 13.2. The molecule has 1 atom stereocenters. The summed E-state index contributed by atoms with van der Waals surface area (Å²) in [5.74, 6) is -1.98. The lowest BCUT2D eigenvalue weighted by Gasteiger charge is -2.09. The van der Waals surface area contributed by atoms with Crippen molar-refractivity contribution in [2.45, 2.75) is 13.3 Å². The molecule has 2 N–H and O–H groups in total. The molecule has 94 valence electrons. The molecule has 0 aliphatic heterocycles. The molecule has 0 aliphatic carbocycles. The van der Waals surface area contributed by atoms with Crippen LogP contribution in [0.4, 0.5) is 10.1 Å². The first-order valence-electron chi connectivity index (χ1n) is 4.83. The quantitative estimate of drug-likeness (QED) is 0.871. The fourth-order valence-electron chi connectivity index (χ4n) is 1.19. The third kappa shape index (κ3) is 3.41. The normalized spacial score (nSPS) is 12.2. The van der Waals surface area contributed by atoms with Crippen molar-refractivity contribution in [2.24, 2.45) is 0 Å². The van der Waals surface area contributed by atoms with Gasteiger partial charge >= 0.3 is 5.97 Å². The molecular formula is C10H11ClFNO3S. The van der Waals surface area contributed by atoms with Gasteiger partial charge in [-0.15, -0.1) is 0 Å². The van der Waals surface area contributed by atoms with Crippen LogP contribution in [0.3, 0.4) is 0 Å². The van der Waals surface area contributed by atoms with Crippen LogP contribution in [0.5, 0.6) is 0 Å². The molecule has 7 heteroatoms. The van der Waals surface area contributed by atoms with E-state index in [1.54, 1.807) is 0 Å². The topological polar surface area (TPSA) is 66.4 Å². The summed E-state index contributed by atoms with van der Waals surface area (Å²) in [6.07, 6.45) is 0.699. The average molecular weight is 280 g/mol. The summed E-state index contributed by atoms with van der Waals surface area (Å²) in [7, 11) is -1.36. The Labute approximate surface area is 105 Å². The van der Waals surface area contributed by atoms with E-state index < -0.39 is 28.3 Å². The van der Waals surface area contributed by atoms with E-state index in [-0.39, 0.29) is 10.7 Å². The molecule has 0 spiro atoms. The Kier molecular flexibility index (Phi) is 4.89. The first-order chi connectivity index (χ1) is 7.97. The summed E-state index contributed by atoms with van der Waals surface area (Å²) < 4.78 is 27.2. The molecule has 0 saturated heterocycles. The van der Waals surface area contributed by atoms with Crippen molar-refractivity contribution in [1.29, 1.82) is 0 Å². The predicted molar refractivity (Wildman–Crippen MR) is 65.3 cm³/mol. The number of anilines is 1. The molecule has 4 nitrogen and oxygen atoms in total. The smallest absolute Gasteiger partial charge is 0.340 e. The van der Waals surface area contributed by atoms with Crippen molar-refractivity contribution in [1.82, 2.24) is 0 Å². The van der Waals surface area contributed by atoms with Gasteiger partial charge in [-0.05, 0) is 18.6 Å². The van der Waals surface area contributed by atoms with E-state index in [0.717, 1.165) is 6.07 Å². The molecule has 1 aromatic rings. The Morgan fingerprint density at radius 3 is 2.76 bits per heavy atom. The summed E-state index contributed by atoms with van der Waals surface area (Å²) in [5, 5.41) is 8.50. The second-order valence-corrected chi connectivity index (χ2v) is 4.92. The maximum atomic E-state index is 13.2. The fourth-order valence-corrected chi connectivity index (χ4v) is 2.41. The number of rotatable bonds is 5. The molecule has 0 saturated carbocycles. The van der Waals surface area contributed by atoms with Crippen molar-refractivity contribution >= 4 is 34.2 Å². The van der Waals surface area contributed by atoms with Crippen LogP contribution in [0.25, 0.3) is 0 Å². The van der Waals surface area contributed by atoms with Crippen molar-refractivity contribution < 1.29 is 18.5 Å². The highest BCUT2D eigenvalue weighted by molar-refractivity contribution is 7.86. The highest BCUT2D eigenvalue weighted by Crippen LogP contribution is 2.28. The van der Waals surface area contributed by atoms with Gasteiger partial charge in [-0.1, -0.05) is 18.5 Å². The minimum absolute atomic E-state index is 0.150. The lowest BCUT2D eigenvalue weighted by molar-refractivity contribution is 0.0692. The van der Waals surface area contributed by atoms with Crippen LogP contribution in [0.2, 0.25) is 5.02 Å². The van der Waals surface area contributed by atoms with Gasteiger partial charge in [0.2, 0.25) is 0 Å². The number of carboxylic acid groups (broad SMARTS) is 1. The number of hydrogen-bond acceptors (Lipinski definition) is 2. The summed E-state index contributed by atoms with van der Waals surface area (Å²) in [4.78, 5) is 10.8. The van der Waals surface area contributed by atoms with E-state index in [2.05, 4.69) is 4.72 Å². The lowest BCUT2D eigenvalue weighted by atomic mass is 10.2. The van der Waals surface area contributed by atoms with Gasteiger partial charge in [0.25, 0.3) is 0 Å². The van der Waals surface area contributed by atoms with Gasteiger partial charge in [0.05, 0.1) is 10.7 Å². The zero-order chi connectivity index (χ0) is 13.0. The zero-order valence-corrected chi connectivity index (χ0v) is 10.6. The lowest BCUT2D eigenvalue weighted by Crippen LogP contribution is -2.10. The molecule has 17 heavy (non-hydrogen) atoms. The molecule has 1 rings (SSSR count). The number of carbonyl (C=O) groups is 1. The van der Waals surface area contributed by atoms with Crippen molar-refractivity contribution in [3.63, 3.8) is 0 Å². The summed E-state index contributed by atoms with van der Waals surface area (Å²) in [6.45, 7) is 1.86. The Bertz CT molecular complexity index is 467. The van der Waals surface area contributed by atoms with Gasteiger partial charge in [-0.3, -0.25) is 0 Å². The standard InChI is InChI=1S/C10H11ClFNO3S/c1-2-5-17(16)13-7-4-3-6(12)8(9(7)11)10(14)15/h3-4,13H,2,5H2,1H3,(H,14,15). The maximum Gasteiger partial charge on any atom is 0.340 e. The molecular weight excluding hydrogens is 269 g/mol. The Morgan fingerprint density at radius 2 is 2.24 bits per heavy atom. The molecule has 0 heterocycles. The molecule has 1 aromatic carbocycles. The Balaban J connectivity index is 3.07. The minimum atomic E-state index is -1.46. The zero-order valence-electron chi connectivity index (χ0n) is 9.00. The van der Waals surface area contributed by atoms with Gasteiger partial charge in [0.1, 0.15) is 22.4 Å². The van der Waals surface area contributed by atoms with Crippen LogP contribution in [0.1, 0.15) is 23.7 Å². The van der Waals surface area contributed by atoms with Gasteiger partial charge in [0.15, 0.2) is 0 Å². The molecule has 0 radical (unpaired) electrons. The van der Waals surface area contributed by atoms with E-state index >= 15 is 0 Å². The van der Waals surface area contributed by atoms with Crippen LogP contribution in [0.15, 0.2) is 12.1 Å². The van der Waals surface area contributed by atoms with E-state index in [1.807, 2.05) is 6.92 Å². The Morgan fingerprint density at radius 1 is 1.59 bits per heavy atom. The number of carboxylic acids is 1. The molecule has 0 bridgehead atoms. The van der Waals surface area contributed by atoms with Crippen LogP contribution in [0, 0.1) is 5.82 Å². The van der Waals surface area contributed by atoms with Crippen LogP contribution in [-0.2, 0) is 11.0 Å². The van der Waals surface area contributed by atoms with Crippen LogP contribution >= 0.6 is 11.6 Å². The molecule has 0 amide bonds. The number of halogens is 2. The van der Waals surface area contributed by atoms with E-state index in [9.17, 15) is 13.4 Å². The average Bonchev–Trinajstić information content (AvgIpc) is 2.22. The third-order valence-corrected chi connectivity index (χ3v) is 3.54. The summed E-state index contributed by atoms with van der Waals surface area (Å²) in [6, 6.07) is 2.23. The number of benzene rings is 1. The first kappa shape index (κ1) is 13.9. The second kappa shape index (κ2) is 5.97. The predicted octanol–water partition coefficient (Wildman–Crippen LogP) is 2.66. The van der Waals surface area contributed by atoms with Crippen LogP contribution in [-0.4, -0.2) is 21.0 Å². The second-order valence-electron chi connectivity index (χ2n) is 3.24.